The van der Waals surface area contributed by atoms with Crippen molar-refractivity contribution < 1.29 is 14.3 Å². The van der Waals surface area contributed by atoms with Gasteiger partial charge in [0, 0.05) is 6.20 Å². The highest BCUT2D eigenvalue weighted by atomic mass is 35.5. The molecule has 0 saturated heterocycles. The monoisotopic (exact) mass is 377 g/mol. The number of esters is 1. The van der Waals surface area contributed by atoms with Gasteiger partial charge in [-0.2, -0.15) is 0 Å². The van der Waals surface area contributed by atoms with Crippen LogP contribution < -0.4 is 10.6 Å². The van der Waals surface area contributed by atoms with E-state index in [1.54, 1.807) is 6.92 Å². The predicted molar refractivity (Wildman–Crippen MR) is 95.9 cm³/mol. The van der Waals surface area contributed by atoms with E-state index in [-0.39, 0.29) is 33.7 Å². The Kier molecular flexibility index (Phi) is 4.92. The first kappa shape index (κ1) is 17.3. The van der Waals surface area contributed by atoms with Crippen molar-refractivity contribution in [2.75, 3.05) is 17.2 Å². The molecule has 2 N–H and O–H groups in total. The van der Waals surface area contributed by atoms with Crippen molar-refractivity contribution in [2.24, 2.45) is 0 Å². The Labute approximate surface area is 153 Å². The number of ketones is 1. The van der Waals surface area contributed by atoms with Crippen molar-refractivity contribution in [3.63, 3.8) is 0 Å². The number of halogens is 2. The van der Waals surface area contributed by atoms with E-state index in [1.807, 2.05) is 24.3 Å². The molecule has 1 aliphatic rings. The summed E-state index contributed by atoms with van der Waals surface area (Å²) in [6.07, 6.45) is 1.23. The number of hydrogen-bond acceptors (Lipinski definition) is 6. The second-order valence-electron chi connectivity index (χ2n) is 5.08. The Bertz CT molecular complexity index is 869. The largest absolute Gasteiger partial charge is 0.462 e. The minimum absolute atomic E-state index is 0.0566. The zero-order valence-electron chi connectivity index (χ0n) is 13.1. The topological polar surface area (TPSA) is 80.3 Å². The number of para-hydroxylation sites is 2. The number of anilines is 2. The van der Waals surface area contributed by atoms with Gasteiger partial charge in [-0.25, -0.2) is 9.78 Å². The first-order chi connectivity index (χ1) is 12.0. The number of pyridine rings is 1. The van der Waals surface area contributed by atoms with Crippen molar-refractivity contribution in [1.82, 2.24) is 4.98 Å². The summed E-state index contributed by atoms with van der Waals surface area (Å²) in [5, 5.41) is 6.27. The van der Waals surface area contributed by atoms with E-state index in [9.17, 15) is 9.59 Å². The Hall–Kier alpha value is -2.57. The van der Waals surface area contributed by atoms with Crippen molar-refractivity contribution >= 4 is 46.3 Å². The number of hydrogen-bond donors (Lipinski definition) is 2. The van der Waals surface area contributed by atoms with Crippen LogP contribution in [0.15, 0.2) is 47.9 Å². The van der Waals surface area contributed by atoms with Crippen LogP contribution in [0.2, 0.25) is 10.2 Å². The van der Waals surface area contributed by atoms with Crippen LogP contribution in [-0.4, -0.2) is 23.3 Å². The smallest absolute Gasteiger partial charge is 0.345 e. The van der Waals surface area contributed by atoms with Crippen LogP contribution in [-0.2, 0) is 9.53 Å². The SMILES string of the molecule is CCOC(=O)C(C(=O)c1cnc(Cl)cc1Cl)=C1Nc2ccccc2N1. The maximum Gasteiger partial charge on any atom is 0.345 e. The molecule has 0 amide bonds. The normalized spacial score (nSPS) is 12.0. The molecule has 0 fully saturated rings. The molecule has 8 heteroatoms. The van der Waals surface area contributed by atoms with Gasteiger partial charge in [0.15, 0.2) is 0 Å². The Morgan fingerprint density at radius 3 is 2.36 bits per heavy atom. The number of carbonyl (C=O) groups excluding carboxylic acids is 2. The van der Waals surface area contributed by atoms with E-state index in [2.05, 4.69) is 15.6 Å². The molecule has 25 heavy (non-hydrogen) atoms. The van der Waals surface area contributed by atoms with Gasteiger partial charge in [0.1, 0.15) is 16.5 Å². The fraction of sp³-hybridized carbons (Fsp3) is 0.118. The second kappa shape index (κ2) is 7.13. The minimum Gasteiger partial charge on any atom is -0.462 e. The number of Topliss-reactive ketones (excluding diaryl/α,β-unsaturated/α-hetero) is 1. The average molecular weight is 378 g/mol. The zero-order chi connectivity index (χ0) is 18.0. The average Bonchev–Trinajstić information content (AvgIpc) is 2.98. The zero-order valence-corrected chi connectivity index (χ0v) is 14.6. The molecule has 0 bridgehead atoms. The standard InChI is InChI=1S/C17H13Cl2N3O3/c1-2-25-17(24)14(15(23)9-8-20-13(19)7-10(9)18)16-21-11-5-3-4-6-12(11)22-16/h3-8,21-22H,2H2,1H3. The van der Waals surface area contributed by atoms with E-state index in [0.717, 1.165) is 11.4 Å². The fourth-order valence-corrected chi connectivity index (χ4v) is 2.80. The molecular formula is C17H13Cl2N3O3. The number of carbonyl (C=O) groups is 2. The van der Waals surface area contributed by atoms with Gasteiger partial charge in [-0.15, -0.1) is 0 Å². The summed E-state index contributed by atoms with van der Waals surface area (Å²) in [6.45, 7) is 1.79. The van der Waals surface area contributed by atoms with Crippen LogP contribution in [0.25, 0.3) is 0 Å². The van der Waals surface area contributed by atoms with Gasteiger partial charge in [-0.3, -0.25) is 4.79 Å². The summed E-state index contributed by atoms with van der Waals surface area (Å²) in [4.78, 5) is 29.2. The van der Waals surface area contributed by atoms with Crippen LogP contribution in [0.4, 0.5) is 11.4 Å². The highest BCUT2D eigenvalue weighted by Gasteiger charge is 2.30. The molecular weight excluding hydrogens is 365 g/mol. The maximum absolute atomic E-state index is 12.9. The molecule has 1 aromatic heterocycles. The lowest BCUT2D eigenvalue weighted by atomic mass is 10.0. The molecule has 0 unspecified atom stereocenters. The van der Waals surface area contributed by atoms with Crippen molar-refractivity contribution in [3.05, 3.63) is 63.7 Å². The van der Waals surface area contributed by atoms with Crippen molar-refractivity contribution in [3.8, 4) is 0 Å². The number of benzene rings is 1. The van der Waals surface area contributed by atoms with Gasteiger partial charge in [0.25, 0.3) is 0 Å². The third-order valence-corrected chi connectivity index (χ3v) is 3.99. The van der Waals surface area contributed by atoms with Gasteiger partial charge < -0.3 is 15.4 Å². The predicted octanol–water partition coefficient (Wildman–Crippen LogP) is 3.88. The van der Waals surface area contributed by atoms with Crippen molar-refractivity contribution in [1.29, 1.82) is 0 Å². The number of aromatic nitrogens is 1. The molecule has 0 saturated carbocycles. The molecule has 0 aliphatic carbocycles. The molecule has 0 atom stereocenters. The molecule has 1 aliphatic heterocycles. The molecule has 2 heterocycles. The first-order valence-electron chi connectivity index (χ1n) is 7.41. The van der Waals surface area contributed by atoms with Gasteiger partial charge in [-0.1, -0.05) is 35.3 Å². The number of rotatable bonds is 4. The molecule has 0 radical (unpaired) electrons. The first-order valence-corrected chi connectivity index (χ1v) is 8.17. The Balaban J connectivity index is 2.06. The highest BCUT2D eigenvalue weighted by Crippen LogP contribution is 2.32. The second-order valence-corrected chi connectivity index (χ2v) is 5.88. The number of ether oxygens (including phenoxy) is 1. The molecule has 3 rings (SSSR count). The lowest BCUT2D eigenvalue weighted by Gasteiger charge is -2.11. The number of fused-ring (bicyclic) bond motifs is 1. The van der Waals surface area contributed by atoms with Crippen LogP contribution in [0.1, 0.15) is 17.3 Å². The fourth-order valence-electron chi connectivity index (χ4n) is 2.35. The van der Waals surface area contributed by atoms with Gasteiger partial charge in [0.2, 0.25) is 5.78 Å². The number of nitrogens with zero attached hydrogens (tertiary/aromatic N) is 1. The summed E-state index contributed by atoms with van der Waals surface area (Å²) in [7, 11) is 0. The summed E-state index contributed by atoms with van der Waals surface area (Å²) in [5.41, 5.74) is 1.35. The summed E-state index contributed by atoms with van der Waals surface area (Å²) < 4.78 is 5.03. The summed E-state index contributed by atoms with van der Waals surface area (Å²) >= 11 is 11.9. The van der Waals surface area contributed by atoms with E-state index in [4.69, 9.17) is 27.9 Å². The van der Waals surface area contributed by atoms with E-state index >= 15 is 0 Å². The van der Waals surface area contributed by atoms with Crippen LogP contribution in [0.3, 0.4) is 0 Å². The highest BCUT2D eigenvalue weighted by molar-refractivity contribution is 6.38. The molecule has 2 aromatic rings. The van der Waals surface area contributed by atoms with E-state index in [1.165, 1.54) is 12.3 Å². The Morgan fingerprint density at radius 1 is 1.16 bits per heavy atom. The quantitative estimate of drug-likeness (QED) is 0.210. The lowest BCUT2D eigenvalue weighted by molar-refractivity contribution is -0.138. The van der Waals surface area contributed by atoms with Crippen molar-refractivity contribution in [2.45, 2.75) is 6.92 Å². The third-order valence-electron chi connectivity index (χ3n) is 3.47. The van der Waals surface area contributed by atoms with Crippen LogP contribution in [0.5, 0.6) is 0 Å². The third kappa shape index (κ3) is 3.45. The van der Waals surface area contributed by atoms with Gasteiger partial charge >= 0.3 is 5.97 Å². The summed E-state index contributed by atoms with van der Waals surface area (Å²) in [5.74, 6) is -1.15. The van der Waals surface area contributed by atoms with E-state index < -0.39 is 11.8 Å². The maximum atomic E-state index is 12.9. The minimum atomic E-state index is -0.763. The number of nitrogens with one attached hydrogen (secondary N) is 2. The van der Waals surface area contributed by atoms with Gasteiger partial charge in [-0.05, 0) is 25.1 Å². The molecule has 128 valence electrons. The molecule has 0 spiro atoms. The van der Waals surface area contributed by atoms with Gasteiger partial charge in [0.05, 0.1) is 28.6 Å². The lowest BCUT2D eigenvalue weighted by Crippen LogP contribution is -2.22. The molecule has 6 nitrogen and oxygen atoms in total. The van der Waals surface area contributed by atoms with E-state index in [0.29, 0.717) is 0 Å². The van der Waals surface area contributed by atoms with Crippen LogP contribution in [0, 0.1) is 0 Å². The summed E-state index contributed by atoms with van der Waals surface area (Å²) in [6, 6.07) is 8.65. The van der Waals surface area contributed by atoms with Crippen LogP contribution >= 0.6 is 23.2 Å². The Morgan fingerprint density at radius 2 is 1.80 bits per heavy atom. The molecule has 1 aromatic carbocycles.